The minimum atomic E-state index is -0.453. The Hall–Kier alpha value is -3.33. The summed E-state index contributed by atoms with van der Waals surface area (Å²) >= 11 is 1.45. The highest BCUT2D eigenvalue weighted by Gasteiger charge is 2.09. The normalized spacial score (nSPS) is 10.5. The summed E-state index contributed by atoms with van der Waals surface area (Å²) in [5, 5.41) is 30.4. The number of rotatable bonds is 6. The first-order chi connectivity index (χ1) is 12.5. The summed E-state index contributed by atoms with van der Waals surface area (Å²) < 4.78 is 0. The van der Waals surface area contributed by atoms with Gasteiger partial charge < -0.3 is 0 Å². The smallest absolute Gasteiger partial charge is 0.258 e. The maximum absolute atomic E-state index is 10.8. The van der Waals surface area contributed by atoms with Crippen LogP contribution in [0.2, 0.25) is 0 Å². The molecule has 1 heterocycles. The van der Waals surface area contributed by atoms with E-state index in [1.165, 1.54) is 36.0 Å². The van der Waals surface area contributed by atoms with E-state index < -0.39 is 9.85 Å². The van der Waals surface area contributed by atoms with Crippen molar-refractivity contribution in [3.8, 4) is 11.3 Å². The highest BCUT2D eigenvalue weighted by Crippen LogP contribution is 2.25. The molecule has 26 heavy (non-hydrogen) atoms. The van der Waals surface area contributed by atoms with Gasteiger partial charge in [0.05, 0.1) is 15.5 Å². The number of benzene rings is 2. The zero-order valence-electron chi connectivity index (χ0n) is 13.3. The van der Waals surface area contributed by atoms with Crippen molar-refractivity contribution in [2.75, 3.05) is 0 Å². The van der Waals surface area contributed by atoms with Crippen molar-refractivity contribution >= 4 is 23.1 Å². The van der Waals surface area contributed by atoms with Gasteiger partial charge in [-0.1, -0.05) is 36.0 Å². The molecule has 0 amide bonds. The van der Waals surface area contributed by atoms with E-state index in [1.54, 1.807) is 36.4 Å². The van der Waals surface area contributed by atoms with Gasteiger partial charge in [-0.25, -0.2) is 0 Å². The number of nitro benzene ring substituents is 2. The van der Waals surface area contributed by atoms with Gasteiger partial charge in [0.15, 0.2) is 0 Å². The third kappa shape index (κ3) is 4.19. The molecule has 0 fully saturated rings. The molecule has 0 aliphatic carbocycles. The van der Waals surface area contributed by atoms with E-state index >= 15 is 0 Å². The minimum Gasteiger partial charge on any atom is -0.258 e. The average Bonchev–Trinajstić information content (AvgIpc) is 2.67. The van der Waals surface area contributed by atoms with Crippen molar-refractivity contribution in [3.63, 3.8) is 0 Å². The van der Waals surface area contributed by atoms with Gasteiger partial charge in [0.1, 0.15) is 5.03 Å². The fraction of sp³-hybridized carbons (Fsp3) is 0.0588. The number of nitro groups is 2. The van der Waals surface area contributed by atoms with Crippen LogP contribution in [0.4, 0.5) is 11.4 Å². The van der Waals surface area contributed by atoms with Crippen LogP contribution in [0.25, 0.3) is 11.3 Å². The average molecular weight is 368 g/mol. The van der Waals surface area contributed by atoms with Crippen LogP contribution in [-0.4, -0.2) is 20.0 Å². The topological polar surface area (TPSA) is 112 Å². The maximum Gasteiger partial charge on any atom is 0.270 e. The van der Waals surface area contributed by atoms with Crippen LogP contribution in [0.5, 0.6) is 0 Å². The molecule has 0 aliphatic heterocycles. The van der Waals surface area contributed by atoms with Crippen molar-refractivity contribution in [2.24, 2.45) is 0 Å². The Morgan fingerprint density at radius 2 is 1.58 bits per heavy atom. The van der Waals surface area contributed by atoms with Gasteiger partial charge in [-0.3, -0.25) is 20.2 Å². The lowest BCUT2D eigenvalue weighted by Crippen LogP contribution is -1.92. The molecular weight excluding hydrogens is 356 g/mol. The van der Waals surface area contributed by atoms with E-state index in [4.69, 9.17) is 0 Å². The Balaban J connectivity index is 1.67. The Bertz CT molecular complexity index is 946. The number of nitrogens with zero attached hydrogens (tertiary/aromatic N) is 4. The Labute approximate surface area is 152 Å². The molecule has 3 aromatic rings. The highest BCUT2D eigenvalue weighted by atomic mass is 32.2. The lowest BCUT2D eigenvalue weighted by molar-refractivity contribution is -0.385. The Kier molecular flexibility index (Phi) is 5.18. The number of non-ortho nitro benzene ring substituents is 2. The van der Waals surface area contributed by atoms with Crippen molar-refractivity contribution in [2.45, 2.75) is 10.8 Å². The summed E-state index contributed by atoms with van der Waals surface area (Å²) in [6.07, 6.45) is 0. The molecule has 0 radical (unpaired) electrons. The second-order valence-corrected chi connectivity index (χ2v) is 6.27. The molecule has 1 aromatic heterocycles. The van der Waals surface area contributed by atoms with E-state index in [1.807, 2.05) is 0 Å². The van der Waals surface area contributed by atoms with E-state index in [0.29, 0.717) is 22.0 Å². The molecule has 9 heteroatoms. The van der Waals surface area contributed by atoms with Crippen LogP contribution in [0.15, 0.2) is 65.7 Å². The Morgan fingerprint density at radius 3 is 2.19 bits per heavy atom. The second kappa shape index (κ2) is 7.70. The molecular formula is C17H12N4O4S. The number of aromatic nitrogens is 2. The zero-order chi connectivity index (χ0) is 18.5. The van der Waals surface area contributed by atoms with E-state index in [0.717, 1.165) is 5.56 Å². The number of hydrogen-bond acceptors (Lipinski definition) is 7. The zero-order valence-corrected chi connectivity index (χ0v) is 14.1. The molecule has 0 saturated heterocycles. The van der Waals surface area contributed by atoms with Crippen molar-refractivity contribution in [3.05, 3.63) is 86.5 Å². The standard InChI is InChI=1S/C17H12N4O4S/c22-20(23)14-6-4-12(5-7-14)11-26-17-9-8-16(18-19-17)13-2-1-3-15(10-13)21(24)25/h1-10H,11H2. The molecule has 130 valence electrons. The summed E-state index contributed by atoms with van der Waals surface area (Å²) in [5.41, 5.74) is 2.16. The molecule has 2 aromatic carbocycles. The van der Waals surface area contributed by atoms with Gasteiger partial charge in [-0.05, 0) is 17.7 Å². The SMILES string of the molecule is O=[N+]([O-])c1ccc(CSc2ccc(-c3cccc([N+](=O)[O-])c3)nn2)cc1. The Morgan fingerprint density at radius 1 is 0.846 bits per heavy atom. The molecule has 0 aliphatic rings. The van der Waals surface area contributed by atoms with E-state index in [2.05, 4.69) is 10.2 Å². The van der Waals surface area contributed by atoms with Crippen LogP contribution in [0.3, 0.4) is 0 Å². The van der Waals surface area contributed by atoms with Crippen LogP contribution in [0, 0.1) is 20.2 Å². The van der Waals surface area contributed by atoms with Crippen LogP contribution in [-0.2, 0) is 5.75 Å². The monoisotopic (exact) mass is 368 g/mol. The molecule has 0 spiro atoms. The van der Waals surface area contributed by atoms with Gasteiger partial charge in [0.25, 0.3) is 11.4 Å². The first kappa shape index (κ1) is 17.5. The fourth-order valence-electron chi connectivity index (χ4n) is 2.20. The molecule has 0 saturated carbocycles. The second-order valence-electron chi connectivity index (χ2n) is 5.28. The molecule has 8 nitrogen and oxygen atoms in total. The molecule has 0 bridgehead atoms. The number of thioether (sulfide) groups is 1. The first-order valence-electron chi connectivity index (χ1n) is 7.47. The lowest BCUT2D eigenvalue weighted by atomic mass is 10.1. The maximum atomic E-state index is 10.8. The molecule has 0 unspecified atom stereocenters. The third-order valence-corrected chi connectivity index (χ3v) is 4.52. The summed E-state index contributed by atoms with van der Waals surface area (Å²) in [6.45, 7) is 0. The van der Waals surface area contributed by atoms with E-state index in [9.17, 15) is 20.2 Å². The predicted octanol–water partition coefficient (Wildman–Crippen LogP) is 4.25. The number of hydrogen-bond donors (Lipinski definition) is 0. The summed E-state index contributed by atoms with van der Waals surface area (Å²) in [4.78, 5) is 20.6. The molecule has 0 atom stereocenters. The van der Waals surface area contributed by atoms with Gasteiger partial charge >= 0.3 is 0 Å². The van der Waals surface area contributed by atoms with Crippen LogP contribution >= 0.6 is 11.8 Å². The highest BCUT2D eigenvalue weighted by molar-refractivity contribution is 7.98. The summed E-state index contributed by atoms with van der Waals surface area (Å²) in [5.74, 6) is 0.600. The fourth-order valence-corrected chi connectivity index (χ4v) is 2.97. The van der Waals surface area contributed by atoms with Crippen molar-refractivity contribution in [1.29, 1.82) is 0 Å². The first-order valence-corrected chi connectivity index (χ1v) is 8.46. The quantitative estimate of drug-likeness (QED) is 0.363. The van der Waals surface area contributed by atoms with Crippen LogP contribution in [0.1, 0.15) is 5.56 Å². The summed E-state index contributed by atoms with van der Waals surface area (Å²) in [6, 6.07) is 16.1. The third-order valence-electron chi connectivity index (χ3n) is 3.53. The van der Waals surface area contributed by atoms with Gasteiger partial charge in [-0.2, -0.15) is 0 Å². The molecule has 3 rings (SSSR count). The van der Waals surface area contributed by atoms with Gasteiger partial charge in [0, 0.05) is 35.6 Å². The van der Waals surface area contributed by atoms with Crippen LogP contribution < -0.4 is 0 Å². The van der Waals surface area contributed by atoms with Gasteiger partial charge in [0.2, 0.25) is 0 Å². The van der Waals surface area contributed by atoms with Crippen molar-refractivity contribution in [1.82, 2.24) is 10.2 Å². The van der Waals surface area contributed by atoms with E-state index in [-0.39, 0.29) is 11.4 Å². The largest absolute Gasteiger partial charge is 0.270 e. The van der Waals surface area contributed by atoms with Gasteiger partial charge in [-0.15, -0.1) is 10.2 Å². The minimum absolute atomic E-state index is 0.000854. The molecule has 0 N–H and O–H groups in total. The lowest BCUT2D eigenvalue weighted by Gasteiger charge is -2.03. The summed E-state index contributed by atoms with van der Waals surface area (Å²) in [7, 11) is 0. The predicted molar refractivity (Wildman–Crippen MR) is 96.8 cm³/mol. The van der Waals surface area contributed by atoms with Crippen molar-refractivity contribution < 1.29 is 9.85 Å².